The number of nitrogens with zero attached hydrogens (tertiary/aromatic N) is 1. The van der Waals surface area contributed by atoms with E-state index in [1.165, 1.54) is 0 Å². The summed E-state index contributed by atoms with van der Waals surface area (Å²) in [5, 5.41) is 7.40. The normalized spacial score (nSPS) is 10.1. The molecule has 72 valence electrons. The first-order valence-corrected chi connectivity index (χ1v) is 4.52. The molecule has 0 saturated heterocycles. The zero-order valence-electron chi connectivity index (χ0n) is 7.62. The van der Waals surface area contributed by atoms with E-state index in [9.17, 15) is 0 Å². The highest BCUT2D eigenvalue weighted by Gasteiger charge is 2.05. The van der Waals surface area contributed by atoms with Gasteiger partial charge in [0, 0.05) is 11.8 Å². The van der Waals surface area contributed by atoms with E-state index in [-0.39, 0.29) is 0 Å². The molecule has 1 heterocycles. The van der Waals surface area contributed by atoms with Gasteiger partial charge < -0.3 is 4.74 Å². The summed E-state index contributed by atoms with van der Waals surface area (Å²) in [4.78, 5) is 0. The molecular weight excluding hydrogens is 200 g/mol. The van der Waals surface area contributed by atoms with Crippen LogP contribution >= 0.6 is 11.6 Å². The summed E-state index contributed by atoms with van der Waals surface area (Å²) < 4.78 is 5.11. The monoisotopic (exact) mass is 208 g/mol. The predicted octanol–water partition coefficient (Wildman–Crippen LogP) is 2.74. The molecule has 4 heteroatoms. The molecule has 0 aliphatic heterocycles. The fraction of sp³-hybridized carbons (Fsp3) is 0.100. The SMILES string of the molecule is COc1ccc(Cl)c(-c2ccn[nH]2)c1. The van der Waals surface area contributed by atoms with Gasteiger partial charge in [0.15, 0.2) is 0 Å². The topological polar surface area (TPSA) is 37.9 Å². The molecule has 0 atom stereocenters. The number of H-pyrrole nitrogens is 1. The van der Waals surface area contributed by atoms with Crippen molar-refractivity contribution in [1.29, 1.82) is 0 Å². The van der Waals surface area contributed by atoms with E-state index in [1.54, 1.807) is 19.4 Å². The van der Waals surface area contributed by atoms with Gasteiger partial charge in [0.25, 0.3) is 0 Å². The lowest BCUT2D eigenvalue weighted by molar-refractivity contribution is 0.415. The Balaban J connectivity index is 2.51. The third-order valence-corrected chi connectivity index (χ3v) is 2.29. The first kappa shape index (κ1) is 9.09. The van der Waals surface area contributed by atoms with Crippen LogP contribution < -0.4 is 4.74 Å². The van der Waals surface area contributed by atoms with Gasteiger partial charge in [0.2, 0.25) is 0 Å². The average molecular weight is 209 g/mol. The number of aromatic amines is 1. The lowest BCUT2D eigenvalue weighted by Crippen LogP contribution is -1.85. The van der Waals surface area contributed by atoms with Crippen molar-refractivity contribution in [1.82, 2.24) is 10.2 Å². The first-order valence-electron chi connectivity index (χ1n) is 4.14. The van der Waals surface area contributed by atoms with Gasteiger partial charge in [-0.1, -0.05) is 11.6 Å². The van der Waals surface area contributed by atoms with Crippen LogP contribution in [0.5, 0.6) is 5.75 Å². The molecule has 2 rings (SSSR count). The van der Waals surface area contributed by atoms with Gasteiger partial charge in [0.1, 0.15) is 5.75 Å². The van der Waals surface area contributed by atoms with Gasteiger partial charge in [-0.15, -0.1) is 0 Å². The van der Waals surface area contributed by atoms with Gasteiger partial charge in [-0.25, -0.2) is 0 Å². The minimum absolute atomic E-state index is 0.676. The molecule has 0 radical (unpaired) electrons. The van der Waals surface area contributed by atoms with Crippen molar-refractivity contribution in [3.8, 4) is 17.0 Å². The van der Waals surface area contributed by atoms with Crippen LogP contribution in [-0.2, 0) is 0 Å². The van der Waals surface area contributed by atoms with Gasteiger partial charge in [0.05, 0.1) is 17.8 Å². The molecule has 1 aromatic heterocycles. The second-order valence-electron chi connectivity index (χ2n) is 2.82. The maximum Gasteiger partial charge on any atom is 0.119 e. The van der Waals surface area contributed by atoms with E-state index in [1.807, 2.05) is 18.2 Å². The molecule has 0 unspecified atom stereocenters. The van der Waals surface area contributed by atoms with Crippen LogP contribution in [0, 0.1) is 0 Å². The Kier molecular flexibility index (Phi) is 2.41. The third-order valence-electron chi connectivity index (χ3n) is 1.96. The van der Waals surface area contributed by atoms with Crippen LogP contribution in [0.25, 0.3) is 11.3 Å². The Bertz CT molecular complexity index is 426. The fourth-order valence-electron chi connectivity index (χ4n) is 1.24. The van der Waals surface area contributed by atoms with E-state index in [0.717, 1.165) is 17.0 Å². The van der Waals surface area contributed by atoms with Crippen molar-refractivity contribution in [2.75, 3.05) is 7.11 Å². The van der Waals surface area contributed by atoms with Crippen molar-refractivity contribution in [3.63, 3.8) is 0 Å². The molecule has 0 aliphatic carbocycles. The van der Waals surface area contributed by atoms with Crippen LogP contribution in [0.3, 0.4) is 0 Å². The van der Waals surface area contributed by atoms with Gasteiger partial charge in [-0.2, -0.15) is 5.10 Å². The Labute approximate surface area is 86.7 Å². The van der Waals surface area contributed by atoms with Crippen molar-refractivity contribution in [2.24, 2.45) is 0 Å². The summed E-state index contributed by atoms with van der Waals surface area (Å²) in [7, 11) is 1.62. The summed E-state index contributed by atoms with van der Waals surface area (Å²) in [6.07, 6.45) is 1.69. The highest BCUT2D eigenvalue weighted by Crippen LogP contribution is 2.29. The Morgan fingerprint density at radius 3 is 2.86 bits per heavy atom. The zero-order valence-corrected chi connectivity index (χ0v) is 8.38. The van der Waals surface area contributed by atoms with Crippen LogP contribution in [0.4, 0.5) is 0 Å². The molecule has 14 heavy (non-hydrogen) atoms. The number of halogens is 1. The predicted molar refractivity (Wildman–Crippen MR) is 55.6 cm³/mol. The second kappa shape index (κ2) is 3.72. The van der Waals surface area contributed by atoms with Crippen molar-refractivity contribution in [2.45, 2.75) is 0 Å². The number of nitrogens with one attached hydrogen (secondary N) is 1. The van der Waals surface area contributed by atoms with E-state index < -0.39 is 0 Å². The van der Waals surface area contributed by atoms with Gasteiger partial charge in [-0.3, -0.25) is 5.10 Å². The number of methoxy groups -OCH3 is 1. The minimum atomic E-state index is 0.676. The Morgan fingerprint density at radius 1 is 1.36 bits per heavy atom. The molecule has 0 bridgehead atoms. The lowest BCUT2D eigenvalue weighted by atomic mass is 10.1. The van der Waals surface area contributed by atoms with E-state index in [2.05, 4.69) is 10.2 Å². The van der Waals surface area contributed by atoms with E-state index in [4.69, 9.17) is 16.3 Å². The number of ether oxygens (including phenoxy) is 1. The highest BCUT2D eigenvalue weighted by atomic mass is 35.5. The molecule has 0 aliphatic rings. The fourth-order valence-corrected chi connectivity index (χ4v) is 1.46. The number of benzene rings is 1. The molecule has 0 saturated carbocycles. The number of aromatic nitrogens is 2. The Hall–Kier alpha value is -1.48. The number of hydrogen-bond donors (Lipinski definition) is 1. The van der Waals surface area contributed by atoms with Gasteiger partial charge in [-0.05, 0) is 24.3 Å². The lowest BCUT2D eigenvalue weighted by Gasteiger charge is -2.04. The molecule has 3 nitrogen and oxygen atoms in total. The number of rotatable bonds is 2. The molecule has 0 spiro atoms. The van der Waals surface area contributed by atoms with E-state index in [0.29, 0.717) is 5.02 Å². The van der Waals surface area contributed by atoms with E-state index >= 15 is 0 Å². The van der Waals surface area contributed by atoms with Crippen molar-refractivity contribution in [3.05, 3.63) is 35.5 Å². The maximum atomic E-state index is 6.04. The summed E-state index contributed by atoms with van der Waals surface area (Å²) in [6, 6.07) is 7.36. The molecule has 2 aromatic rings. The third kappa shape index (κ3) is 1.59. The largest absolute Gasteiger partial charge is 0.497 e. The standard InChI is InChI=1S/C10H9ClN2O/c1-14-7-2-3-9(11)8(6-7)10-4-5-12-13-10/h2-6H,1H3,(H,12,13). The zero-order chi connectivity index (χ0) is 9.97. The average Bonchev–Trinajstić information content (AvgIpc) is 2.71. The summed E-state index contributed by atoms with van der Waals surface area (Å²) in [5.41, 5.74) is 1.78. The van der Waals surface area contributed by atoms with Gasteiger partial charge >= 0.3 is 0 Å². The second-order valence-corrected chi connectivity index (χ2v) is 3.22. The smallest absolute Gasteiger partial charge is 0.119 e. The van der Waals surface area contributed by atoms with Crippen molar-refractivity contribution >= 4 is 11.6 Å². The van der Waals surface area contributed by atoms with Crippen molar-refractivity contribution < 1.29 is 4.74 Å². The molecule has 1 N–H and O–H groups in total. The summed E-state index contributed by atoms with van der Waals surface area (Å²) in [6.45, 7) is 0. The quantitative estimate of drug-likeness (QED) is 0.824. The highest BCUT2D eigenvalue weighted by molar-refractivity contribution is 6.33. The maximum absolute atomic E-state index is 6.04. The molecule has 0 amide bonds. The van der Waals surface area contributed by atoms with Crippen LogP contribution in [0.1, 0.15) is 0 Å². The minimum Gasteiger partial charge on any atom is -0.497 e. The van der Waals surface area contributed by atoms with Crippen LogP contribution in [0.2, 0.25) is 5.02 Å². The van der Waals surface area contributed by atoms with Crippen LogP contribution in [0.15, 0.2) is 30.5 Å². The molecular formula is C10H9ClN2O. The summed E-state index contributed by atoms with van der Waals surface area (Å²) in [5.74, 6) is 0.777. The molecule has 0 fully saturated rings. The number of hydrogen-bond acceptors (Lipinski definition) is 2. The first-order chi connectivity index (χ1) is 6.81. The Morgan fingerprint density at radius 2 is 2.21 bits per heavy atom. The van der Waals surface area contributed by atoms with Crippen LogP contribution in [-0.4, -0.2) is 17.3 Å². The summed E-state index contributed by atoms with van der Waals surface area (Å²) >= 11 is 6.04. The molecule has 1 aromatic carbocycles.